The van der Waals surface area contributed by atoms with Crippen molar-refractivity contribution in [3.05, 3.63) is 108 Å². The van der Waals surface area contributed by atoms with E-state index in [9.17, 15) is 19.2 Å². The Balaban J connectivity index is 1.52. The molecule has 0 unspecified atom stereocenters. The molecule has 0 amide bonds. The summed E-state index contributed by atoms with van der Waals surface area (Å²) < 4.78 is 32.2. The zero-order valence-corrected chi connectivity index (χ0v) is 27.0. The van der Waals surface area contributed by atoms with E-state index in [2.05, 4.69) is 0 Å². The fourth-order valence-electron chi connectivity index (χ4n) is 8.22. The average Bonchev–Trinajstić information content (AvgIpc) is 3.23. The second kappa shape index (κ2) is 12.6. The average molecular weight is 641 g/mol. The highest BCUT2D eigenvalue weighted by Gasteiger charge is 2.81. The van der Waals surface area contributed by atoms with E-state index in [1.807, 2.05) is 26.8 Å². The summed E-state index contributed by atoms with van der Waals surface area (Å²) in [5, 5.41) is 0. The smallest absolute Gasteiger partial charge is 0.338 e. The van der Waals surface area contributed by atoms with Gasteiger partial charge in [0.1, 0.15) is 35.9 Å². The van der Waals surface area contributed by atoms with Crippen LogP contribution in [0.1, 0.15) is 78.0 Å². The van der Waals surface area contributed by atoms with E-state index in [4.69, 9.17) is 23.7 Å². The summed E-state index contributed by atoms with van der Waals surface area (Å²) in [5.74, 6) is -2.95. The van der Waals surface area contributed by atoms with Crippen LogP contribution in [-0.2, 0) is 28.5 Å². The first kappa shape index (κ1) is 32.4. The molecule has 3 aliphatic rings. The Kier molecular flexibility index (Phi) is 8.70. The molecule has 3 aromatic carbocycles. The lowest BCUT2D eigenvalue weighted by atomic mass is 9.48. The molecule has 9 nitrogen and oxygen atoms in total. The largest absolute Gasteiger partial charge is 0.462 e. The number of hydrogen-bond acceptors (Lipinski definition) is 9. The molecule has 3 fully saturated rings. The first-order valence-electron chi connectivity index (χ1n) is 16.1. The Morgan fingerprint density at radius 1 is 0.702 bits per heavy atom. The molecule has 9 heteroatoms. The minimum absolute atomic E-state index is 0.202. The van der Waals surface area contributed by atoms with Crippen LogP contribution in [0.2, 0.25) is 0 Å². The van der Waals surface area contributed by atoms with Gasteiger partial charge in [0, 0.05) is 12.8 Å². The topological polar surface area (TPSA) is 114 Å². The SMILES string of the molecule is CC(=O)O[C@H]1CC[C@@H](C)[C@]23OC(C)(C)[C@H](C[C@H](OC(=O)c4ccccc4)[C@]12COC(=O)c1ccccc1)[C@H]3OC(=O)c1ccccc1. The monoisotopic (exact) mass is 640 g/mol. The summed E-state index contributed by atoms with van der Waals surface area (Å²) in [7, 11) is 0. The lowest BCUT2D eigenvalue weighted by Crippen LogP contribution is -2.76. The van der Waals surface area contributed by atoms with Gasteiger partial charge in [-0.1, -0.05) is 61.5 Å². The molecule has 1 aliphatic heterocycles. The van der Waals surface area contributed by atoms with Crippen LogP contribution < -0.4 is 0 Å². The van der Waals surface area contributed by atoms with Crippen LogP contribution in [0.25, 0.3) is 0 Å². The fourth-order valence-corrected chi connectivity index (χ4v) is 8.22. The van der Waals surface area contributed by atoms with Crippen LogP contribution >= 0.6 is 0 Å². The Morgan fingerprint density at radius 2 is 1.21 bits per heavy atom. The molecule has 1 spiro atoms. The summed E-state index contributed by atoms with van der Waals surface area (Å²) >= 11 is 0. The normalized spacial score (nSPS) is 30.3. The molecule has 0 radical (unpaired) electrons. The van der Waals surface area contributed by atoms with Crippen molar-refractivity contribution in [3.8, 4) is 0 Å². The number of ether oxygens (including phenoxy) is 5. The van der Waals surface area contributed by atoms with Gasteiger partial charge in [0.25, 0.3) is 0 Å². The molecule has 7 atom stereocenters. The zero-order chi connectivity index (χ0) is 33.4. The van der Waals surface area contributed by atoms with Crippen molar-refractivity contribution in [3.63, 3.8) is 0 Å². The van der Waals surface area contributed by atoms with Crippen LogP contribution in [0.5, 0.6) is 0 Å². The van der Waals surface area contributed by atoms with Crippen LogP contribution in [-0.4, -0.2) is 60.0 Å². The number of fused-ring (bicyclic) bond motifs is 1. The lowest BCUT2D eigenvalue weighted by Gasteiger charge is -2.62. The second-order valence-corrected chi connectivity index (χ2v) is 13.4. The summed E-state index contributed by atoms with van der Waals surface area (Å²) in [6, 6.07) is 25.9. The van der Waals surface area contributed by atoms with E-state index < -0.39 is 64.7 Å². The number of carbonyl (C=O) groups excluding carboxylic acids is 4. The minimum Gasteiger partial charge on any atom is -0.462 e. The maximum absolute atomic E-state index is 13.8. The summed E-state index contributed by atoms with van der Waals surface area (Å²) in [5.41, 5.74) is -2.64. The van der Waals surface area contributed by atoms with Crippen molar-refractivity contribution >= 4 is 23.9 Å². The molecule has 6 rings (SSSR count). The molecule has 0 aromatic heterocycles. The Bertz CT molecular complexity index is 1620. The van der Waals surface area contributed by atoms with Crippen molar-refractivity contribution in [2.75, 3.05) is 6.61 Å². The molecule has 47 heavy (non-hydrogen) atoms. The lowest BCUT2D eigenvalue weighted by molar-refractivity contribution is -0.298. The quantitative estimate of drug-likeness (QED) is 0.209. The maximum atomic E-state index is 13.8. The number of rotatable bonds is 8. The molecule has 2 saturated carbocycles. The predicted octanol–water partition coefficient (Wildman–Crippen LogP) is 6.21. The molecule has 2 aliphatic carbocycles. The van der Waals surface area contributed by atoms with Gasteiger partial charge in [-0.3, -0.25) is 4.79 Å². The molecular formula is C38H40O9. The Labute approximate surface area is 274 Å². The molecule has 1 heterocycles. The Morgan fingerprint density at radius 3 is 1.74 bits per heavy atom. The number of carbonyl (C=O) groups is 4. The third-order valence-electron chi connectivity index (χ3n) is 10.3. The van der Waals surface area contributed by atoms with E-state index >= 15 is 0 Å². The van der Waals surface area contributed by atoms with Crippen LogP contribution in [0.3, 0.4) is 0 Å². The first-order chi connectivity index (χ1) is 22.5. The highest BCUT2D eigenvalue weighted by atomic mass is 16.6. The van der Waals surface area contributed by atoms with E-state index in [1.165, 1.54) is 6.92 Å². The molecule has 3 aromatic rings. The van der Waals surface area contributed by atoms with E-state index in [0.717, 1.165) is 0 Å². The number of esters is 4. The molecule has 0 N–H and O–H groups in total. The third kappa shape index (κ3) is 5.60. The van der Waals surface area contributed by atoms with Gasteiger partial charge >= 0.3 is 23.9 Å². The highest BCUT2D eigenvalue weighted by Crippen LogP contribution is 2.68. The van der Waals surface area contributed by atoms with Crippen molar-refractivity contribution in [2.24, 2.45) is 17.3 Å². The van der Waals surface area contributed by atoms with Crippen molar-refractivity contribution < 1.29 is 42.9 Å². The van der Waals surface area contributed by atoms with Gasteiger partial charge in [0.05, 0.1) is 22.3 Å². The zero-order valence-electron chi connectivity index (χ0n) is 27.0. The van der Waals surface area contributed by atoms with Crippen molar-refractivity contribution in [1.82, 2.24) is 0 Å². The molecule has 246 valence electrons. The Hall–Kier alpha value is -4.50. The summed E-state index contributed by atoms with van der Waals surface area (Å²) in [6.07, 6.45) is -1.55. The maximum Gasteiger partial charge on any atom is 0.338 e. The number of hydrogen-bond donors (Lipinski definition) is 0. The molecular weight excluding hydrogens is 600 g/mol. The minimum atomic E-state index is -1.45. The summed E-state index contributed by atoms with van der Waals surface area (Å²) in [4.78, 5) is 53.8. The van der Waals surface area contributed by atoms with Crippen LogP contribution in [0.15, 0.2) is 91.0 Å². The fraction of sp³-hybridized carbons (Fsp3) is 0.421. The van der Waals surface area contributed by atoms with Gasteiger partial charge in [-0.25, -0.2) is 14.4 Å². The molecule has 2 bridgehead atoms. The van der Waals surface area contributed by atoms with Gasteiger partial charge in [-0.15, -0.1) is 0 Å². The van der Waals surface area contributed by atoms with Gasteiger partial charge in [0.15, 0.2) is 0 Å². The standard InChI is InChI=1S/C38H40O9/c1-24-20-21-30(44-25(2)39)37(23-43-33(40)26-14-8-5-9-15-26)31(45-34(41)27-16-10-6-11-17-27)22-29-32(38(24,37)47-36(29,3)4)46-35(42)28-18-12-7-13-19-28/h5-19,24,29-32H,20-23H2,1-4H3/t24-,29-,30+,31+,32-,37+,38-/m1/s1. The third-order valence-corrected chi connectivity index (χ3v) is 10.3. The number of benzene rings is 3. The van der Waals surface area contributed by atoms with Gasteiger partial charge < -0.3 is 23.7 Å². The van der Waals surface area contributed by atoms with Gasteiger partial charge in [-0.2, -0.15) is 0 Å². The summed E-state index contributed by atoms with van der Waals surface area (Å²) in [6.45, 7) is 6.86. The van der Waals surface area contributed by atoms with Crippen LogP contribution in [0, 0.1) is 17.3 Å². The predicted molar refractivity (Wildman–Crippen MR) is 170 cm³/mol. The second-order valence-electron chi connectivity index (χ2n) is 13.4. The van der Waals surface area contributed by atoms with Gasteiger partial charge in [-0.05, 0) is 75.4 Å². The van der Waals surface area contributed by atoms with Crippen LogP contribution in [0.4, 0.5) is 0 Å². The van der Waals surface area contributed by atoms with E-state index in [1.54, 1.807) is 84.9 Å². The highest BCUT2D eigenvalue weighted by molar-refractivity contribution is 5.90. The first-order valence-corrected chi connectivity index (χ1v) is 16.1. The van der Waals surface area contributed by atoms with Gasteiger partial charge in [0.2, 0.25) is 0 Å². The van der Waals surface area contributed by atoms with E-state index in [-0.39, 0.29) is 18.9 Å². The molecule has 1 saturated heterocycles. The van der Waals surface area contributed by atoms with E-state index in [0.29, 0.717) is 29.5 Å². The van der Waals surface area contributed by atoms with Crippen molar-refractivity contribution in [1.29, 1.82) is 0 Å². The van der Waals surface area contributed by atoms with Crippen molar-refractivity contribution in [2.45, 2.75) is 76.5 Å².